The zero-order valence-corrected chi connectivity index (χ0v) is 12.0. The maximum Gasteiger partial charge on any atom is 0.416 e. The average molecular weight is 337 g/mol. The van der Waals surface area contributed by atoms with Gasteiger partial charge in [-0.25, -0.2) is 9.80 Å². The molecule has 1 aromatic carbocycles. The number of rotatable bonds is 3. The Balaban J connectivity index is 1.74. The third-order valence-electron chi connectivity index (χ3n) is 3.22. The Labute approximate surface area is 133 Å². The van der Waals surface area contributed by atoms with Crippen molar-refractivity contribution in [3.63, 3.8) is 0 Å². The molecular weight excluding hydrogens is 327 g/mol. The van der Waals surface area contributed by atoms with Crippen LogP contribution in [0.1, 0.15) is 11.3 Å². The van der Waals surface area contributed by atoms with Crippen LogP contribution in [0.15, 0.2) is 45.9 Å². The summed E-state index contributed by atoms with van der Waals surface area (Å²) in [6.45, 7) is -0.179. The van der Waals surface area contributed by atoms with Crippen LogP contribution in [-0.2, 0) is 11.0 Å². The van der Waals surface area contributed by atoms with Crippen LogP contribution in [0.2, 0.25) is 0 Å². The topological polar surface area (TPSA) is 74.9 Å². The molecule has 1 N–H and O–H groups in total. The van der Waals surface area contributed by atoms with Gasteiger partial charge in [0.25, 0.3) is 0 Å². The van der Waals surface area contributed by atoms with Crippen molar-refractivity contribution in [1.82, 2.24) is 10.3 Å². The molecule has 0 saturated carbocycles. The average Bonchev–Trinajstić information content (AvgIpc) is 3.11. The number of halogens is 3. The fourth-order valence-electron chi connectivity index (χ4n) is 2.05. The van der Waals surface area contributed by atoms with Crippen LogP contribution in [0.4, 0.5) is 18.0 Å². The summed E-state index contributed by atoms with van der Waals surface area (Å²) in [5, 5.41) is 6.81. The molecule has 1 aliphatic rings. The predicted octanol–water partition coefficient (Wildman–Crippen LogP) is 2.85. The van der Waals surface area contributed by atoms with Crippen LogP contribution >= 0.6 is 0 Å². The van der Waals surface area contributed by atoms with E-state index in [9.17, 15) is 22.8 Å². The third kappa shape index (κ3) is 3.29. The number of amides is 3. The first-order chi connectivity index (χ1) is 11.3. The van der Waals surface area contributed by atoms with E-state index in [4.69, 9.17) is 4.42 Å². The van der Waals surface area contributed by atoms with E-state index >= 15 is 0 Å². The number of hydrazone groups is 1. The van der Waals surface area contributed by atoms with Gasteiger partial charge in [0.2, 0.25) is 5.91 Å². The van der Waals surface area contributed by atoms with Gasteiger partial charge in [0, 0.05) is 5.56 Å². The highest BCUT2D eigenvalue weighted by atomic mass is 19.4. The minimum absolute atomic E-state index is 0.179. The molecule has 1 aromatic heterocycles. The normalized spacial score (nSPS) is 15.4. The highest BCUT2D eigenvalue weighted by Crippen LogP contribution is 2.31. The van der Waals surface area contributed by atoms with Crippen LogP contribution < -0.4 is 5.32 Å². The summed E-state index contributed by atoms with van der Waals surface area (Å²) >= 11 is 0. The number of imide groups is 1. The van der Waals surface area contributed by atoms with E-state index < -0.39 is 23.7 Å². The quantitative estimate of drug-likeness (QED) is 0.691. The van der Waals surface area contributed by atoms with Gasteiger partial charge in [0.15, 0.2) is 0 Å². The van der Waals surface area contributed by atoms with E-state index in [0.29, 0.717) is 11.3 Å². The number of hydrogen-bond donors (Lipinski definition) is 1. The number of nitrogens with zero attached hydrogens (tertiary/aromatic N) is 2. The molecule has 0 aliphatic carbocycles. The lowest BCUT2D eigenvalue weighted by atomic mass is 10.1. The zero-order valence-electron chi connectivity index (χ0n) is 12.0. The minimum Gasteiger partial charge on any atom is -0.455 e. The maximum atomic E-state index is 12.5. The van der Waals surface area contributed by atoms with E-state index in [1.807, 2.05) is 0 Å². The summed E-state index contributed by atoms with van der Waals surface area (Å²) in [6.07, 6.45) is -3.15. The van der Waals surface area contributed by atoms with Crippen molar-refractivity contribution < 1.29 is 27.2 Å². The Morgan fingerprint density at radius 2 is 1.83 bits per heavy atom. The number of benzene rings is 1. The van der Waals surface area contributed by atoms with Crippen molar-refractivity contribution in [3.05, 3.63) is 47.7 Å². The Kier molecular flexibility index (Phi) is 3.84. The smallest absolute Gasteiger partial charge is 0.416 e. The number of furan rings is 1. The molecule has 0 unspecified atom stereocenters. The van der Waals surface area contributed by atoms with Crippen LogP contribution in [0.5, 0.6) is 0 Å². The van der Waals surface area contributed by atoms with Crippen LogP contribution in [0.3, 0.4) is 0 Å². The van der Waals surface area contributed by atoms with E-state index in [2.05, 4.69) is 10.4 Å². The number of carbonyl (C=O) groups is 2. The Morgan fingerprint density at radius 3 is 2.42 bits per heavy atom. The molecule has 124 valence electrons. The molecule has 3 rings (SSSR count). The summed E-state index contributed by atoms with van der Waals surface area (Å²) in [5.41, 5.74) is -0.277. The molecule has 3 amide bonds. The van der Waals surface area contributed by atoms with E-state index in [0.717, 1.165) is 17.1 Å². The van der Waals surface area contributed by atoms with Gasteiger partial charge in [-0.2, -0.15) is 18.3 Å². The van der Waals surface area contributed by atoms with Gasteiger partial charge in [0.1, 0.15) is 18.1 Å². The van der Waals surface area contributed by atoms with Gasteiger partial charge >= 0.3 is 12.2 Å². The molecule has 0 spiro atoms. The number of urea groups is 1. The number of hydrogen-bond acceptors (Lipinski definition) is 4. The van der Waals surface area contributed by atoms with Crippen LogP contribution in [-0.4, -0.2) is 29.7 Å². The molecule has 6 nitrogen and oxygen atoms in total. The van der Waals surface area contributed by atoms with Gasteiger partial charge < -0.3 is 4.42 Å². The van der Waals surface area contributed by atoms with E-state index in [1.54, 1.807) is 12.1 Å². The second-order valence-corrected chi connectivity index (χ2v) is 4.93. The largest absolute Gasteiger partial charge is 0.455 e. The van der Waals surface area contributed by atoms with Crippen molar-refractivity contribution in [2.24, 2.45) is 5.10 Å². The van der Waals surface area contributed by atoms with Crippen LogP contribution in [0, 0.1) is 0 Å². The Hall–Kier alpha value is -3.10. The first-order valence-electron chi connectivity index (χ1n) is 6.76. The summed E-state index contributed by atoms with van der Waals surface area (Å²) in [6, 6.07) is 7.01. The molecule has 0 atom stereocenters. The summed E-state index contributed by atoms with van der Waals surface area (Å²) in [4.78, 5) is 22.3. The molecular formula is C15H10F3N3O3. The second kappa shape index (κ2) is 5.84. The van der Waals surface area contributed by atoms with Gasteiger partial charge in [-0.15, -0.1) is 0 Å². The van der Waals surface area contributed by atoms with Crippen molar-refractivity contribution in [3.8, 4) is 11.3 Å². The Bertz CT molecular complexity index is 809. The summed E-state index contributed by atoms with van der Waals surface area (Å²) < 4.78 is 43.0. The lowest BCUT2D eigenvalue weighted by Crippen LogP contribution is -2.24. The van der Waals surface area contributed by atoms with E-state index in [1.165, 1.54) is 18.3 Å². The van der Waals surface area contributed by atoms with Crippen molar-refractivity contribution in [1.29, 1.82) is 0 Å². The van der Waals surface area contributed by atoms with E-state index in [-0.39, 0.29) is 12.3 Å². The zero-order chi connectivity index (χ0) is 17.3. The Morgan fingerprint density at radius 1 is 1.12 bits per heavy atom. The highest BCUT2D eigenvalue weighted by Gasteiger charge is 2.30. The van der Waals surface area contributed by atoms with Gasteiger partial charge in [-0.1, -0.05) is 12.1 Å². The van der Waals surface area contributed by atoms with Crippen molar-refractivity contribution in [2.75, 3.05) is 6.54 Å². The molecule has 0 radical (unpaired) electrons. The number of alkyl halides is 3. The molecule has 24 heavy (non-hydrogen) atoms. The number of nitrogens with one attached hydrogen (secondary N) is 1. The van der Waals surface area contributed by atoms with Crippen molar-refractivity contribution in [2.45, 2.75) is 6.18 Å². The summed E-state index contributed by atoms with van der Waals surface area (Å²) in [7, 11) is 0. The molecule has 1 saturated heterocycles. The monoisotopic (exact) mass is 337 g/mol. The third-order valence-corrected chi connectivity index (χ3v) is 3.22. The SMILES string of the molecule is O=C1CN(/N=C/c2ccc(-c3ccc(C(F)(F)F)cc3)o2)C(=O)N1. The second-order valence-electron chi connectivity index (χ2n) is 4.93. The molecule has 2 aromatic rings. The highest BCUT2D eigenvalue weighted by molar-refractivity contribution is 6.02. The molecule has 2 heterocycles. The predicted molar refractivity (Wildman–Crippen MR) is 77.0 cm³/mol. The molecule has 0 bridgehead atoms. The van der Waals surface area contributed by atoms with Gasteiger partial charge in [0.05, 0.1) is 11.8 Å². The standard InChI is InChI=1S/C15H10F3N3O3/c16-15(17,18)10-3-1-9(2-4-10)12-6-5-11(24-12)7-19-21-8-13(22)20-14(21)23/h1-7H,8H2,(H,20,22,23)/b19-7+. The van der Waals surface area contributed by atoms with Crippen molar-refractivity contribution >= 4 is 18.2 Å². The maximum absolute atomic E-state index is 12.5. The van der Waals surface area contributed by atoms with Gasteiger partial charge in [-0.3, -0.25) is 10.1 Å². The first-order valence-corrected chi connectivity index (χ1v) is 6.76. The summed E-state index contributed by atoms with van der Waals surface area (Å²) in [5.74, 6) is 0.186. The molecule has 9 heteroatoms. The fourth-order valence-corrected chi connectivity index (χ4v) is 2.05. The molecule has 1 fully saturated rings. The first kappa shape index (κ1) is 15.8. The minimum atomic E-state index is -4.40. The lowest BCUT2D eigenvalue weighted by Gasteiger charge is -2.06. The lowest BCUT2D eigenvalue weighted by molar-refractivity contribution is -0.137. The van der Waals surface area contributed by atoms with Gasteiger partial charge in [-0.05, 0) is 24.3 Å². The molecule has 1 aliphatic heterocycles. The number of carbonyl (C=O) groups excluding carboxylic acids is 2. The van der Waals surface area contributed by atoms with Crippen LogP contribution in [0.25, 0.3) is 11.3 Å². The fraction of sp³-hybridized carbons (Fsp3) is 0.133.